The maximum atomic E-state index is 9.24. The average Bonchev–Trinajstić information content (AvgIpc) is 2.50. The third-order valence-corrected chi connectivity index (χ3v) is 3.66. The molecule has 0 unspecified atom stereocenters. The van der Waals surface area contributed by atoms with Gasteiger partial charge in [0.15, 0.2) is 0 Å². The number of nitrogens with zero attached hydrogens (tertiary/aromatic N) is 1. The van der Waals surface area contributed by atoms with E-state index in [1.165, 1.54) is 5.56 Å². The Hall–Kier alpha value is -1.34. The Bertz CT molecular complexity index is 441. The zero-order valence-electron chi connectivity index (χ0n) is 13.2. The molecule has 0 aliphatic rings. The van der Waals surface area contributed by atoms with Crippen LogP contribution in [0.25, 0.3) is 0 Å². The average molecular weight is 289 g/mol. The predicted octanol–water partition coefficient (Wildman–Crippen LogP) is 2.40. The molecule has 0 aliphatic carbocycles. The van der Waals surface area contributed by atoms with E-state index in [1.54, 1.807) is 0 Å². The molecule has 0 amide bonds. The van der Waals surface area contributed by atoms with Crippen molar-refractivity contribution in [3.8, 4) is 11.8 Å². The quantitative estimate of drug-likeness (QED) is 0.722. The summed E-state index contributed by atoms with van der Waals surface area (Å²) < 4.78 is 0. The van der Waals surface area contributed by atoms with Crippen molar-refractivity contribution in [2.75, 3.05) is 19.8 Å². The molecule has 1 rings (SSSR count). The van der Waals surface area contributed by atoms with E-state index in [1.807, 2.05) is 12.1 Å². The van der Waals surface area contributed by atoms with Crippen molar-refractivity contribution in [1.29, 1.82) is 0 Å². The highest BCUT2D eigenvalue weighted by Gasteiger charge is 2.14. The molecular weight excluding hydrogens is 262 g/mol. The van der Waals surface area contributed by atoms with Gasteiger partial charge in [-0.2, -0.15) is 0 Å². The number of rotatable bonds is 8. The highest BCUT2D eigenvalue weighted by Crippen LogP contribution is 2.14. The lowest BCUT2D eigenvalue weighted by molar-refractivity contribution is 0.136. The van der Waals surface area contributed by atoms with Crippen LogP contribution < -0.4 is 0 Å². The first-order chi connectivity index (χ1) is 10.2. The summed E-state index contributed by atoms with van der Waals surface area (Å²) in [6.45, 7) is 6.26. The summed E-state index contributed by atoms with van der Waals surface area (Å²) in [5.74, 6) is 5.96. The van der Waals surface area contributed by atoms with E-state index in [0.29, 0.717) is 19.0 Å². The summed E-state index contributed by atoms with van der Waals surface area (Å²) in [5.41, 5.74) is 2.21. The molecule has 0 aromatic heterocycles. The third-order valence-electron chi connectivity index (χ3n) is 3.66. The highest BCUT2D eigenvalue weighted by molar-refractivity contribution is 5.36. The maximum absolute atomic E-state index is 9.24. The molecule has 0 saturated carbocycles. The molecule has 0 heterocycles. The summed E-state index contributed by atoms with van der Waals surface area (Å²) in [7, 11) is 0. The summed E-state index contributed by atoms with van der Waals surface area (Å²) in [6, 6.07) is 8.74. The zero-order chi connectivity index (χ0) is 15.5. The Kier molecular flexibility index (Phi) is 8.77. The molecule has 2 N–H and O–H groups in total. The van der Waals surface area contributed by atoms with Crippen molar-refractivity contribution in [2.24, 2.45) is 0 Å². The van der Waals surface area contributed by atoms with E-state index in [0.717, 1.165) is 24.9 Å². The molecule has 3 heteroatoms. The van der Waals surface area contributed by atoms with Gasteiger partial charge in [0, 0.05) is 31.1 Å². The van der Waals surface area contributed by atoms with Crippen LogP contribution in [-0.4, -0.2) is 40.9 Å². The van der Waals surface area contributed by atoms with Gasteiger partial charge >= 0.3 is 0 Å². The minimum atomic E-state index is 0.108. The monoisotopic (exact) mass is 289 g/mol. The molecule has 116 valence electrons. The topological polar surface area (TPSA) is 43.7 Å². The van der Waals surface area contributed by atoms with Gasteiger partial charge in [0.2, 0.25) is 0 Å². The SMILES string of the molecule is CCC(CC)N(CCO)Cc1ccc(C#CCCO)cc1. The number of aliphatic hydroxyl groups is 2. The third kappa shape index (κ3) is 6.31. The zero-order valence-corrected chi connectivity index (χ0v) is 13.2. The van der Waals surface area contributed by atoms with Gasteiger partial charge < -0.3 is 10.2 Å². The molecule has 0 saturated heterocycles. The Morgan fingerprint density at radius 3 is 2.24 bits per heavy atom. The Morgan fingerprint density at radius 1 is 1.05 bits per heavy atom. The van der Waals surface area contributed by atoms with E-state index in [2.05, 4.69) is 42.7 Å². The van der Waals surface area contributed by atoms with Crippen LogP contribution in [0.15, 0.2) is 24.3 Å². The van der Waals surface area contributed by atoms with Crippen LogP contribution >= 0.6 is 0 Å². The summed E-state index contributed by atoms with van der Waals surface area (Å²) >= 11 is 0. The molecular formula is C18H27NO2. The fourth-order valence-electron chi connectivity index (χ4n) is 2.47. The van der Waals surface area contributed by atoms with Gasteiger partial charge in [0.25, 0.3) is 0 Å². The normalized spacial score (nSPS) is 10.8. The second-order valence-electron chi connectivity index (χ2n) is 5.14. The maximum Gasteiger partial charge on any atom is 0.0558 e. The predicted molar refractivity (Wildman–Crippen MR) is 86.9 cm³/mol. The van der Waals surface area contributed by atoms with Crippen molar-refractivity contribution >= 4 is 0 Å². The van der Waals surface area contributed by atoms with Crippen molar-refractivity contribution in [2.45, 2.75) is 45.7 Å². The van der Waals surface area contributed by atoms with E-state index in [-0.39, 0.29) is 13.2 Å². The van der Waals surface area contributed by atoms with Crippen LogP contribution in [0.1, 0.15) is 44.2 Å². The van der Waals surface area contributed by atoms with Crippen molar-refractivity contribution in [1.82, 2.24) is 4.90 Å². The Morgan fingerprint density at radius 2 is 1.71 bits per heavy atom. The number of benzene rings is 1. The van der Waals surface area contributed by atoms with Crippen molar-refractivity contribution < 1.29 is 10.2 Å². The summed E-state index contributed by atoms with van der Waals surface area (Å²) in [4.78, 5) is 2.34. The number of hydrogen-bond donors (Lipinski definition) is 2. The minimum absolute atomic E-state index is 0.108. The van der Waals surface area contributed by atoms with Gasteiger partial charge in [-0.15, -0.1) is 0 Å². The molecule has 0 fully saturated rings. The van der Waals surface area contributed by atoms with E-state index in [9.17, 15) is 5.11 Å². The largest absolute Gasteiger partial charge is 0.395 e. The van der Waals surface area contributed by atoms with E-state index >= 15 is 0 Å². The molecule has 21 heavy (non-hydrogen) atoms. The van der Waals surface area contributed by atoms with Gasteiger partial charge in [0.1, 0.15) is 0 Å². The van der Waals surface area contributed by atoms with Crippen LogP contribution in [0.3, 0.4) is 0 Å². The van der Waals surface area contributed by atoms with E-state index in [4.69, 9.17) is 5.11 Å². The van der Waals surface area contributed by atoms with Crippen LogP contribution in [-0.2, 0) is 6.54 Å². The lowest BCUT2D eigenvalue weighted by Crippen LogP contribution is -2.36. The van der Waals surface area contributed by atoms with Gasteiger partial charge in [-0.3, -0.25) is 4.90 Å². The fraction of sp³-hybridized carbons (Fsp3) is 0.556. The standard InChI is InChI=1S/C18H27NO2/c1-3-18(4-2)19(12-14-21)15-17-10-8-16(9-11-17)7-5-6-13-20/h8-11,18,20-21H,3-4,6,12-15H2,1-2H3. The van der Waals surface area contributed by atoms with Crippen molar-refractivity contribution in [3.63, 3.8) is 0 Å². The van der Waals surface area contributed by atoms with Gasteiger partial charge in [-0.05, 0) is 30.5 Å². The summed E-state index contributed by atoms with van der Waals surface area (Å²) in [5, 5.41) is 17.9. The van der Waals surface area contributed by atoms with Crippen LogP contribution in [0.4, 0.5) is 0 Å². The second kappa shape index (κ2) is 10.4. The Balaban J connectivity index is 2.69. The first-order valence-corrected chi connectivity index (χ1v) is 7.78. The summed E-state index contributed by atoms with van der Waals surface area (Å²) in [6.07, 6.45) is 2.71. The van der Waals surface area contributed by atoms with Crippen molar-refractivity contribution in [3.05, 3.63) is 35.4 Å². The molecule has 0 atom stereocenters. The molecule has 0 aliphatic heterocycles. The first kappa shape index (κ1) is 17.7. The van der Waals surface area contributed by atoms with Crippen LogP contribution in [0.5, 0.6) is 0 Å². The van der Waals surface area contributed by atoms with Gasteiger partial charge in [-0.25, -0.2) is 0 Å². The van der Waals surface area contributed by atoms with E-state index < -0.39 is 0 Å². The minimum Gasteiger partial charge on any atom is -0.395 e. The highest BCUT2D eigenvalue weighted by atomic mass is 16.3. The molecule has 0 radical (unpaired) electrons. The Labute approximate surface area is 128 Å². The molecule has 1 aromatic carbocycles. The molecule has 0 spiro atoms. The lowest BCUT2D eigenvalue weighted by Gasteiger charge is -2.29. The second-order valence-corrected chi connectivity index (χ2v) is 5.14. The molecule has 0 bridgehead atoms. The number of aliphatic hydroxyl groups excluding tert-OH is 2. The van der Waals surface area contributed by atoms with Crippen LogP contribution in [0.2, 0.25) is 0 Å². The van der Waals surface area contributed by atoms with Crippen LogP contribution in [0, 0.1) is 11.8 Å². The number of hydrogen-bond acceptors (Lipinski definition) is 3. The molecule has 1 aromatic rings. The lowest BCUT2D eigenvalue weighted by atomic mass is 10.1. The fourth-order valence-corrected chi connectivity index (χ4v) is 2.47. The smallest absolute Gasteiger partial charge is 0.0558 e. The first-order valence-electron chi connectivity index (χ1n) is 7.78. The van der Waals surface area contributed by atoms with Gasteiger partial charge in [-0.1, -0.05) is 37.8 Å². The molecule has 3 nitrogen and oxygen atoms in total. The van der Waals surface area contributed by atoms with Gasteiger partial charge in [0.05, 0.1) is 13.2 Å².